The third kappa shape index (κ3) is 3.23. The maximum Gasteiger partial charge on any atom is 0.166 e. The van der Waals surface area contributed by atoms with Crippen molar-refractivity contribution in [2.45, 2.75) is 13.0 Å². The molecule has 1 N–H and O–H groups in total. The minimum atomic E-state index is -0.708. The molecule has 0 saturated carbocycles. The quantitative estimate of drug-likeness (QED) is 0.913. The van der Waals surface area contributed by atoms with Gasteiger partial charge >= 0.3 is 0 Å². The highest BCUT2D eigenvalue weighted by Gasteiger charge is 2.09. The molecule has 3 nitrogen and oxygen atoms in total. The van der Waals surface area contributed by atoms with E-state index in [0.29, 0.717) is 17.1 Å². The molecule has 0 unspecified atom stereocenters. The van der Waals surface area contributed by atoms with Crippen LogP contribution in [0, 0.1) is 5.82 Å². The highest BCUT2D eigenvalue weighted by molar-refractivity contribution is 5.38. The van der Waals surface area contributed by atoms with Crippen molar-refractivity contribution >= 4 is 0 Å². The van der Waals surface area contributed by atoms with E-state index in [4.69, 9.17) is 9.47 Å². The zero-order valence-electron chi connectivity index (χ0n) is 10.8. The van der Waals surface area contributed by atoms with Gasteiger partial charge in [-0.3, -0.25) is 0 Å². The molecule has 100 valence electrons. The van der Waals surface area contributed by atoms with Gasteiger partial charge in [-0.25, -0.2) is 4.39 Å². The summed E-state index contributed by atoms with van der Waals surface area (Å²) in [5, 5.41) is 9.37. The minimum Gasteiger partial charge on any atom is -0.497 e. The van der Waals surface area contributed by atoms with Gasteiger partial charge in [0.15, 0.2) is 11.6 Å². The minimum absolute atomic E-state index is 0.109. The predicted octanol–water partition coefficient (Wildman–Crippen LogP) is 3.68. The lowest BCUT2D eigenvalue weighted by Crippen LogP contribution is -1.94. The number of ether oxygens (including phenoxy) is 2. The first kappa shape index (κ1) is 13.4. The highest BCUT2D eigenvalue weighted by atomic mass is 19.1. The smallest absolute Gasteiger partial charge is 0.166 e. The molecular formula is C15H15FO3. The molecule has 0 aliphatic rings. The molecule has 0 aromatic heterocycles. The van der Waals surface area contributed by atoms with E-state index >= 15 is 0 Å². The molecular weight excluding hydrogens is 247 g/mol. The summed E-state index contributed by atoms with van der Waals surface area (Å²) in [5.41, 5.74) is 0.510. The fourth-order valence-corrected chi connectivity index (χ4v) is 1.65. The summed E-state index contributed by atoms with van der Waals surface area (Å²) in [6.07, 6.45) is -0.708. The van der Waals surface area contributed by atoms with Crippen LogP contribution in [-0.2, 0) is 0 Å². The van der Waals surface area contributed by atoms with Crippen LogP contribution < -0.4 is 9.47 Å². The summed E-state index contributed by atoms with van der Waals surface area (Å²) in [6, 6.07) is 11.3. The second kappa shape index (κ2) is 5.71. The fourth-order valence-electron chi connectivity index (χ4n) is 1.65. The van der Waals surface area contributed by atoms with Gasteiger partial charge in [-0.1, -0.05) is 12.1 Å². The van der Waals surface area contributed by atoms with Crippen LogP contribution in [0.4, 0.5) is 4.39 Å². The van der Waals surface area contributed by atoms with Crippen LogP contribution >= 0.6 is 0 Å². The Bertz CT molecular complexity index is 567. The summed E-state index contributed by atoms with van der Waals surface area (Å²) in [6.45, 7) is 1.58. The third-order valence-corrected chi connectivity index (χ3v) is 2.71. The van der Waals surface area contributed by atoms with E-state index in [0.717, 1.165) is 0 Å². The van der Waals surface area contributed by atoms with Crippen molar-refractivity contribution < 1.29 is 19.0 Å². The summed E-state index contributed by atoms with van der Waals surface area (Å²) < 4.78 is 24.3. The molecule has 0 amide bonds. The number of halogens is 1. The first-order valence-electron chi connectivity index (χ1n) is 5.89. The van der Waals surface area contributed by atoms with Crippen molar-refractivity contribution in [2.24, 2.45) is 0 Å². The average molecular weight is 262 g/mol. The van der Waals surface area contributed by atoms with Gasteiger partial charge in [-0.2, -0.15) is 0 Å². The van der Waals surface area contributed by atoms with Crippen molar-refractivity contribution in [1.82, 2.24) is 0 Å². The molecule has 0 heterocycles. The Labute approximate surface area is 111 Å². The summed E-state index contributed by atoms with van der Waals surface area (Å²) >= 11 is 0. The van der Waals surface area contributed by atoms with Gasteiger partial charge in [-0.15, -0.1) is 0 Å². The molecule has 0 bridgehead atoms. The van der Waals surface area contributed by atoms with E-state index < -0.39 is 11.9 Å². The monoisotopic (exact) mass is 262 g/mol. The third-order valence-electron chi connectivity index (χ3n) is 2.71. The number of hydrogen-bond acceptors (Lipinski definition) is 3. The molecule has 0 fully saturated rings. The first-order valence-corrected chi connectivity index (χ1v) is 5.89. The van der Waals surface area contributed by atoms with Gasteiger partial charge in [0, 0.05) is 6.07 Å². The number of benzene rings is 2. The van der Waals surface area contributed by atoms with Crippen molar-refractivity contribution in [3.05, 3.63) is 53.8 Å². The van der Waals surface area contributed by atoms with Crippen molar-refractivity contribution in [3.8, 4) is 17.2 Å². The zero-order valence-corrected chi connectivity index (χ0v) is 10.8. The Kier molecular flexibility index (Phi) is 4.02. The molecule has 2 rings (SSSR count). The first-order chi connectivity index (χ1) is 9.10. The highest BCUT2D eigenvalue weighted by Crippen LogP contribution is 2.28. The number of rotatable bonds is 4. The molecule has 2 aromatic rings. The van der Waals surface area contributed by atoms with E-state index in [1.807, 2.05) is 0 Å². The molecule has 0 spiro atoms. The Balaban J connectivity index is 2.23. The van der Waals surface area contributed by atoms with Gasteiger partial charge in [0.25, 0.3) is 0 Å². The van der Waals surface area contributed by atoms with Crippen molar-refractivity contribution in [2.75, 3.05) is 7.11 Å². The van der Waals surface area contributed by atoms with Crippen LogP contribution in [0.5, 0.6) is 17.2 Å². The zero-order chi connectivity index (χ0) is 13.8. The number of aliphatic hydroxyl groups excluding tert-OH is 1. The van der Waals surface area contributed by atoms with Crippen LogP contribution in [0.25, 0.3) is 0 Å². The van der Waals surface area contributed by atoms with Crippen LogP contribution in [0.3, 0.4) is 0 Å². The average Bonchev–Trinajstić information content (AvgIpc) is 2.41. The van der Waals surface area contributed by atoms with Crippen molar-refractivity contribution in [1.29, 1.82) is 0 Å². The molecule has 0 radical (unpaired) electrons. The lowest BCUT2D eigenvalue weighted by Gasteiger charge is -2.10. The topological polar surface area (TPSA) is 38.7 Å². The lowest BCUT2D eigenvalue weighted by molar-refractivity contribution is 0.198. The summed E-state index contributed by atoms with van der Waals surface area (Å²) in [4.78, 5) is 0. The van der Waals surface area contributed by atoms with Crippen LogP contribution in [0.1, 0.15) is 18.6 Å². The Morgan fingerprint density at radius 2 is 1.84 bits per heavy atom. The van der Waals surface area contributed by atoms with E-state index in [-0.39, 0.29) is 5.75 Å². The van der Waals surface area contributed by atoms with Crippen LogP contribution in [0.2, 0.25) is 0 Å². The molecule has 4 heteroatoms. The van der Waals surface area contributed by atoms with Gasteiger partial charge in [0.1, 0.15) is 11.5 Å². The maximum absolute atomic E-state index is 13.8. The Morgan fingerprint density at radius 1 is 1.11 bits per heavy atom. The van der Waals surface area contributed by atoms with Gasteiger partial charge in [-0.05, 0) is 36.8 Å². The van der Waals surface area contributed by atoms with E-state index in [2.05, 4.69) is 0 Å². The fraction of sp³-hybridized carbons (Fsp3) is 0.200. The van der Waals surface area contributed by atoms with E-state index in [9.17, 15) is 9.50 Å². The molecule has 0 aliphatic carbocycles. The molecule has 0 aliphatic heterocycles. The SMILES string of the molecule is COc1cccc(Oc2ccc([C@@H](C)O)cc2F)c1. The molecule has 1 atom stereocenters. The maximum atomic E-state index is 13.8. The van der Waals surface area contributed by atoms with Gasteiger partial charge in [0.05, 0.1) is 13.2 Å². The normalized spacial score (nSPS) is 12.0. The summed E-state index contributed by atoms with van der Waals surface area (Å²) in [7, 11) is 1.55. The number of hydrogen-bond donors (Lipinski definition) is 1. The predicted molar refractivity (Wildman–Crippen MR) is 70.1 cm³/mol. The second-order valence-corrected chi connectivity index (χ2v) is 4.15. The van der Waals surface area contributed by atoms with Crippen LogP contribution in [-0.4, -0.2) is 12.2 Å². The van der Waals surface area contributed by atoms with Crippen molar-refractivity contribution in [3.63, 3.8) is 0 Å². The van der Waals surface area contributed by atoms with E-state index in [1.165, 1.54) is 12.1 Å². The molecule has 19 heavy (non-hydrogen) atoms. The lowest BCUT2D eigenvalue weighted by atomic mass is 10.1. The Morgan fingerprint density at radius 3 is 2.47 bits per heavy atom. The van der Waals surface area contributed by atoms with Crippen LogP contribution in [0.15, 0.2) is 42.5 Å². The number of methoxy groups -OCH3 is 1. The summed E-state index contributed by atoms with van der Waals surface area (Å²) in [5.74, 6) is 0.723. The van der Waals surface area contributed by atoms with Gasteiger partial charge in [0.2, 0.25) is 0 Å². The molecule has 2 aromatic carbocycles. The number of aliphatic hydroxyl groups is 1. The second-order valence-electron chi connectivity index (χ2n) is 4.15. The Hall–Kier alpha value is -2.07. The standard InChI is InChI=1S/C15H15FO3/c1-10(17)11-6-7-15(14(16)8-11)19-13-5-3-4-12(9-13)18-2/h3-10,17H,1-2H3/t10-/m1/s1. The largest absolute Gasteiger partial charge is 0.497 e. The van der Waals surface area contributed by atoms with Gasteiger partial charge < -0.3 is 14.6 Å². The van der Waals surface area contributed by atoms with E-state index in [1.54, 1.807) is 44.4 Å². The molecule has 0 saturated heterocycles.